The summed E-state index contributed by atoms with van der Waals surface area (Å²) in [6.45, 7) is 12.7. The van der Waals surface area contributed by atoms with Gasteiger partial charge in [-0.1, -0.05) is 18.2 Å². The lowest BCUT2D eigenvalue weighted by atomic mass is 10.0. The quantitative estimate of drug-likeness (QED) is 0.868. The molecule has 1 aliphatic heterocycles. The number of aromatic nitrogens is 3. The molecule has 2 aromatic rings. The number of aryl methyl sites for hydroxylation is 1. The first-order valence-corrected chi connectivity index (χ1v) is 9.07. The van der Waals surface area contributed by atoms with Gasteiger partial charge in [-0.05, 0) is 32.9 Å². The first-order valence-electron chi connectivity index (χ1n) is 9.07. The fourth-order valence-electron chi connectivity index (χ4n) is 3.34. The van der Waals surface area contributed by atoms with E-state index in [-0.39, 0.29) is 5.54 Å². The number of rotatable bonds is 6. The van der Waals surface area contributed by atoms with Crippen LogP contribution >= 0.6 is 0 Å². The van der Waals surface area contributed by atoms with Crippen molar-refractivity contribution in [2.45, 2.75) is 32.9 Å². The number of hydrogen-bond donors (Lipinski definition) is 1. The Balaban J connectivity index is 1.48. The van der Waals surface area contributed by atoms with Gasteiger partial charge in [0, 0.05) is 51.0 Å². The minimum absolute atomic E-state index is 0.0365. The molecule has 0 saturated carbocycles. The number of piperazine rings is 1. The van der Waals surface area contributed by atoms with Gasteiger partial charge in [0.05, 0.1) is 6.54 Å². The van der Waals surface area contributed by atoms with Crippen LogP contribution in [0.3, 0.4) is 0 Å². The van der Waals surface area contributed by atoms with E-state index in [1.807, 2.05) is 18.5 Å². The minimum atomic E-state index is 0.0365. The van der Waals surface area contributed by atoms with E-state index in [0.717, 1.165) is 50.9 Å². The third-order valence-corrected chi connectivity index (χ3v) is 5.02. The molecule has 1 fully saturated rings. The zero-order valence-corrected chi connectivity index (χ0v) is 15.9. The predicted octanol–water partition coefficient (Wildman–Crippen LogP) is 1.81. The Morgan fingerprint density at radius 1 is 1.04 bits per heavy atom. The van der Waals surface area contributed by atoms with Gasteiger partial charge in [-0.3, -0.25) is 4.90 Å². The van der Waals surface area contributed by atoms with E-state index in [0.29, 0.717) is 0 Å². The van der Waals surface area contributed by atoms with E-state index in [9.17, 15) is 0 Å². The van der Waals surface area contributed by atoms with Crippen molar-refractivity contribution in [2.24, 2.45) is 7.05 Å². The van der Waals surface area contributed by atoms with E-state index in [1.54, 1.807) is 0 Å². The summed E-state index contributed by atoms with van der Waals surface area (Å²) in [6, 6.07) is 10.7. The summed E-state index contributed by atoms with van der Waals surface area (Å²) in [6.07, 6.45) is 0. The Labute approximate surface area is 150 Å². The SMILES string of the molecule is Cc1nnc(CNC(C)(C)CN2CCN(c3ccccc3)CC2)n1C. The molecule has 0 aliphatic carbocycles. The molecule has 1 aromatic carbocycles. The third kappa shape index (κ3) is 4.58. The van der Waals surface area contributed by atoms with Crippen LogP contribution in [0.15, 0.2) is 30.3 Å². The molecular weight excluding hydrogens is 312 g/mol. The predicted molar refractivity (Wildman–Crippen MR) is 102 cm³/mol. The molecule has 1 aromatic heterocycles. The Hall–Kier alpha value is -1.92. The van der Waals surface area contributed by atoms with Crippen molar-refractivity contribution in [2.75, 3.05) is 37.6 Å². The van der Waals surface area contributed by atoms with E-state index in [1.165, 1.54) is 5.69 Å². The lowest BCUT2D eigenvalue weighted by molar-refractivity contribution is 0.189. The van der Waals surface area contributed by atoms with Crippen LogP contribution in [0.2, 0.25) is 0 Å². The van der Waals surface area contributed by atoms with Crippen molar-refractivity contribution in [1.82, 2.24) is 25.0 Å². The van der Waals surface area contributed by atoms with Crippen LogP contribution in [0, 0.1) is 6.92 Å². The first-order chi connectivity index (χ1) is 11.9. The highest BCUT2D eigenvalue weighted by atomic mass is 15.3. The lowest BCUT2D eigenvalue weighted by Crippen LogP contribution is -2.54. The maximum atomic E-state index is 4.24. The highest BCUT2D eigenvalue weighted by Crippen LogP contribution is 2.17. The summed E-state index contributed by atoms with van der Waals surface area (Å²) < 4.78 is 2.04. The van der Waals surface area contributed by atoms with E-state index >= 15 is 0 Å². The summed E-state index contributed by atoms with van der Waals surface area (Å²) >= 11 is 0. The standard InChI is InChI=1S/C19H30N6/c1-16-21-22-18(23(16)4)14-20-19(2,3)15-24-10-12-25(13-11-24)17-8-6-5-7-9-17/h5-9,20H,10-15H2,1-4H3. The van der Waals surface area contributed by atoms with Crippen LogP contribution in [0.4, 0.5) is 5.69 Å². The van der Waals surface area contributed by atoms with Crippen LogP contribution < -0.4 is 10.2 Å². The molecule has 6 nitrogen and oxygen atoms in total. The third-order valence-electron chi connectivity index (χ3n) is 5.02. The fraction of sp³-hybridized carbons (Fsp3) is 0.579. The van der Waals surface area contributed by atoms with Crippen molar-refractivity contribution in [3.05, 3.63) is 42.0 Å². The summed E-state index contributed by atoms with van der Waals surface area (Å²) in [7, 11) is 2.02. The highest BCUT2D eigenvalue weighted by molar-refractivity contribution is 5.46. The van der Waals surface area contributed by atoms with Gasteiger partial charge >= 0.3 is 0 Å². The molecule has 25 heavy (non-hydrogen) atoms. The molecule has 3 rings (SSSR count). The van der Waals surface area contributed by atoms with Gasteiger partial charge in [-0.15, -0.1) is 10.2 Å². The van der Waals surface area contributed by atoms with Crippen molar-refractivity contribution >= 4 is 5.69 Å². The van der Waals surface area contributed by atoms with E-state index < -0.39 is 0 Å². The fourth-order valence-corrected chi connectivity index (χ4v) is 3.34. The molecule has 0 atom stereocenters. The average molecular weight is 342 g/mol. The molecule has 0 bridgehead atoms. The summed E-state index contributed by atoms with van der Waals surface area (Å²) in [5.74, 6) is 1.94. The maximum absolute atomic E-state index is 4.24. The molecule has 0 spiro atoms. The van der Waals surface area contributed by atoms with Crippen LogP contribution in [-0.2, 0) is 13.6 Å². The number of nitrogens with zero attached hydrogens (tertiary/aromatic N) is 5. The topological polar surface area (TPSA) is 49.2 Å². The lowest BCUT2D eigenvalue weighted by Gasteiger charge is -2.40. The Bertz CT molecular complexity index is 670. The second-order valence-electron chi connectivity index (χ2n) is 7.56. The van der Waals surface area contributed by atoms with Crippen LogP contribution in [-0.4, -0.2) is 57.9 Å². The van der Waals surface area contributed by atoms with Crippen molar-refractivity contribution < 1.29 is 0 Å². The van der Waals surface area contributed by atoms with Crippen LogP contribution in [0.5, 0.6) is 0 Å². The monoisotopic (exact) mass is 342 g/mol. The zero-order valence-electron chi connectivity index (χ0n) is 15.9. The minimum Gasteiger partial charge on any atom is -0.369 e. The summed E-state index contributed by atoms with van der Waals surface area (Å²) in [4.78, 5) is 5.02. The largest absolute Gasteiger partial charge is 0.369 e. The van der Waals surface area contributed by atoms with E-state index in [4.69, 9.17) is 0 Å². The molecule has 0 amide bonds. The molecule has 6 heteroatoms. The van der Waals surface area contributed by atoms with Crippen molar-refractivity contribution in [1.29, 1.82) is 0 Å². The smallest absolute Gasteiger partial charge is 0.146 e. The van der Waals surface area contributed by atoms with Gasteiger partial charge in [-0.2, -0.15) is 0 Å². The number of nitrogens with one attached hydrogen (secondary N) is 1. The second-order valence-corrected chi connectivity index (χ2v) is 7.56. The molecule has 1 aliphatic rings. The van der Waals surface area contributed by atoms with Gasteiger partial charge < -0.3 is 14.8 Å². The van der Waals surface area contributed by atoms with Gasteiger partial charge in [0.15, 0.2) is 0 Å². The Morgan fingerprint density at radius 3 is 2.32 bits per heavy atom. The van der Waals surface area contributed by atoms with Gasteiger partial charge in [0.25, 0.3) is 0 Å². The average Bonchev–Trinajstić information content (AvgIpc) is 2.93. The molecule has 136 valence electrons. The first kappa shape index (κ1) is 17.9. The Morgan fingerprint density at radius 2 is 1.72 bits per heavy atom. The van der Waals surface area contributed by atoms with Crippen molar-refractivity contribution in [3.63, 3.8) is 0 Å². The Kier molecular flexibility index (Phi) is 5.39. The molecule has 0 unspecified atom stereocenters. The normalized spacial score (nSPS) is 16.4. The molecule has 0 radical (unpaired) electrons. The van der Waals surface area contributed by atoms with E-state index in [2.05, 4.69) is 69.5 Å². The molecular formula is C19H30N6. The number of benzene rings is 1. The zero-order chi connectivity index (χ0) is 17.9. The number of para-hydroxylation sites is 1. The summed E-state index contributed by atoms with van der Waals surface area (Å²) in [5.41, 5.74) is 1.37. The highest BCUT2D eigenvalue weighted by Gasteiger charge is 2.25. The number of anilines is 1. The molecule has 2 heterocycles. The van der Waals surface area contributed by atoms with Crippen LogP contribution in [0.25, 0.3) is 0 Å². The van der Waals surface area contributed by atoms with Crippen LogP contribution in [0.1, 0.15) is 25.5 Å². The maximum Gasteiger partial charge on any atom is 0.146 e. The molecule has 1 saturated heterocycles. The van der Waals surface area contributed by atoms with Gasteiger partial charge in [-0.25, -0.2) is 0 Å². The van der Waals surface area contributed by atoms with Crippen molar-refractivity contribution in [3.8, 4) is 0 Å². The second kappa shape index (κ2) is 7.54. The number of hydrogen-bond acceptors (Lipinski definition) is 5. The van der Waals surface area contributed by atoms with Gasteiger partial charge in [0.2, 0.25) is 0 Å². The van der Waals surface area contributed by atoms with Gasteiger partial charge in [0.1, 0.15) is 11.6 Å². The summed E-state index contributed by atoms with van der Waals surface area (Å²) in [5, 5.41) is 12.0. The molecule has 1 N–H and O–H groups in total.